The van der Waals surface area contributed by atoms with E-state index in [-0.39, 0.29) is 31.2 Å². The Morgan fingerprint density at radius 2 is 1.45 bits per heavy atom. The molecule has 0 saturated carbocycles. The molecule has 0 unspecified atom stereocenters. The van der Waals surface area contributed by atoms with Crippen molar-refractivity contribution in [1.82, 2.24) is 14.5 Å². The van der Waals surface area contributed by atoms with Crippen LogP contribution in [0.4, 0.5) is 0 Å². The molecule has 0 bridgehead atoms. The smallest absolute Gasteiger partial charge is 0.0774 e. The Hall–Kier alpha value is -5.09. The van der Waals surface area contributed by atoms with Crippen LogP contribution in [-0.2, 0) is 32.9 Å². The first kappa shape index (κ1) is 30.4. The number of para-hydroxylation sites is 3. The summed E-state index contributed by atoms with van der Waals surface area (Å²) in [7, 11) is 0. The normalized spacial score (nSPS) is 13.3. The number of imidazole rings is 1. The third kappa shape index (κ3) is 8.28. The maximum atomic E-state index is 7.28. The van der Waals surface area contributed by atoms with Crippen molar-refractivity contribution in [3.8, 4) is 28.3 Å². The van der Waals surface area contributed by atoms with Crippen LogP contribution in [0.15, 0.2) is 132 Å². The second-order valence-electron chi connectivity index (χ2n) is 13.7. The topological polar surface area (TPSA) is 43.9 Å². The third-order valence-electron chi connectivity index (χ3n) is 9.32. The van der Waals surface area contributed by atoms with Crippen molar-refractivity contribution >= 4 is 22.0 Å². The largest absolute Gasteiger partial charge is 0.557 e. The molecule has 0 saturated heterocycles. The van der Waals surface area contributed by atoms with Crippen LogP contribution >= 0.6 is 0 Å². The monoisotopic (exact) mass is 878 g/mol. The minimum absolute atomic E-state index is 0. The summed E-state index contributed by atoms with van der Waals surface area (Å²) < 4.78 is 52.0. The van der Waals surface area contributed by atoms with E-state index in [2.05, 4.69) is 141 Å². The van der Waals surface area contributed by atoms with E-state index in [9.17, 15) is 0 Å². The number of pyridine rings is 1. The zero-order chi connectivity index (χ0) is 41.2. The Balaban J connectivity index is 0.000000236. The van der Waals surface area contributed by atoms with Gasteiger partial charge < -0.3 is 14.0 Å². The number of fused-ring (bicyclic) bond motifs is 2. The van der Waals surface area contributed by atoms with Gasteiger partial charge in [-0.3, -0.25) is 4.98 Å². The van der Waals surface area contributed by atoms with Gasteiger partial charge >= 0.3 is 0 Å². The first-order valence-electron chi connectivity index (χ1n) is 20.8. The Morgan fingerprint density at radius 1 is 0.736 bits per heavy atom. The average Bonchev–Trinajstić information content (AvgIpc) is 3.81. The molecule has 5 heteroatoms. The molecule has 53 heavy (non-hydrogen) atoms. The summed E-state index contributed by atoms with van der Waals surface area (Å²) >= 11 is 0. The zero-order valence-electron chi connectivity index (χ0n) is 36.3. The number of nitrogens with zero attached hydrogens (tertiary/aromatic N) is 3. The maximum absolute atomic E-state index is 7.28. The van der Waals surface area contributed by atoms with E-state index in [4.69, 9.17) is 17.6 Å². The molecule has 3 heterocycles. The number of hydrogen-bond donors (Lipinski definition) is 0. The molecule has 0 fully saturated rings. The van der Waals surface area contributed by atoms with Crippen molar-refractivity contribution in [3.05, 3.63) is 173 Å². The minimum Gasteiger partial charge on any atom is -0.557 e. The number of aromatic nitrogens is 3. The second-order valence-corrected chi connectivity index (χ2v) is 13.7. The summed E-state index contributed by atoms with van der Waals surface area (Å²) in [5.41, 5.74) is 11.8. The molecule has 0 amide bonds. The van der Waals surface area contributed by atoms with Gasteiger partial charge in [0.05, 0.1) is 16.9 Å². The summed E-state index contributed by atoms with van der Waals surface area (Å²) in [6, 6.07) is 42.7. The second kappa shape index (κ2) is 16.7. The van der Waals surface area contributed by atoms with E-state index >= 15 is 0 Å². The van der Waals surface area contributed by atoms with Crippen molar-refractivity contribution in [2.75, 3.05) is 0 Å². The van der Waals surface area contributed by atoms with Gasteiger partial charge in [-0.25, -0.2) is 0 Å². The van der Waals surface area contributed by atoms with E-state index in [1.165, 1.54) is 52.3 Å². The number of hydrogen-bond acceptors (Lipinski definition) is 3. The molecular weight excluding hydrogens is 827 g/mol. The number of furan rings is 1. The van der Waals surface area contributed by atoms with Crippen molar-refractivity contribution in [3.63, 3.8) is 0 Å². The predicted octanol–water partition coefficient (Wildman–Crippen LogP) is 12.4. The van der Waals surface area contributed by atoms with Gasteiger partial charge in [0.2, 0.25) is 0 Å². The van der Waals surface area contributed by atoms with Crippen molar-refractivity contribution in [1.29, 1.82) is 0 Å². The molecule has 3 aromatic heterocycles. The fraction of sp³-hybridized carbons (Fsp3) is 0.208. The van der Waals surface area contributed by atoms with Crippen molar-refractivity contribution < 1.29 is 32.7 Å². The molecule has 8 rings (SSSR count). The Labute approximate surface area is 335 Å². The Bertz CT molecular complexity index is 2560. The van der Waals surface area contributed by atoms with E-state index in [0.29, 0.717) is 23.1 Å². The Morgan fingerprint density at radius 3 is 2.13 bits per heavy atom. The van der Waals surface area contributed by atoms with Crippen LogP contribution in [-0.4, -0.2) is 14.5 Å². The molecule has 269 valence electrons. The van der Waals surface area contributed by atoms with Crippen LogP contribution in [0.1, 0.15) is 81.1 Å². The van der Waals surface area contributed by atoms with Gasteiger partial charge in [0.15, 0.2) is 0 Å². The van der Waals surface area contributed by atoms with Crippen LogP contribution < -0.4 is 0 Å². The van der Waals surface area contributed by atoms with Gasteiger partial charge in [-0.2, -0.15) is 0 Å². The van der Waals surface area contributed by atoms with Crippen LogP contribution in [0.5, 0.6) is 0 Å². The van der Waals surface area contributed by atoms with Gasteiger partial charge in [0, 0.05) is 52.1 Å². The van der Waals surface area contributed by atoms with Gasteiger partial charge in [0.1, 0.15) is 0 Å². The van der Waals surface area contributed by atoms with Crippen LogP contribution in [0.3, 0.4) is 0 Å². The molecule has 5 aromatic carbocycles. The van der Waals surface area contributed by atoms with Crippen molar-refractivity contribution in [2.24, 2.45) is 0 Å². The summed E-state index contributed by atoms with van der Waals surface area (Å²) in [6.07, 6.45) is 6.51. The van der Waals surface area contributed by atoms with Crippen LogP contribution in [0.2, 0.25) is 0 Å². The molecule has 0 aliphatic rings. The fourth-order valence-corrected chi connectivity index (χ4v) is 6.60. The molecule has 0 atom stereocenters. The summed E-state index contributed by atoms with van der Waals surface area (Å²) in [5, 5.41) is 1.06. The first-order valence-corrected chi connectivity index (χ1v) is 17.8. The SMILES string of the molecule is CC(C)c1cccc(C(C)C)c1-n1c(-c2[c-]oc3ccc(CCc4ccccc4)cc23)nc2ccccc21.[2H]C([2H])([2H])c1c[c-]c(-c2ccc(C([2H])([2H])[2H])cn2)cc1.[Ir]. The van der Waals surface area contributed by atoms with Gasteiger partial charge in [-0.05, 0) is 71.6 Å². The summed E-state index contributed by atoms with van der Waals surface area (Å²) in [4.78, 5) is 9.25. The molecule has 0 aliphatic carbocycles. The quantitative estimate of drug-likeness (QED) is 0.143. The third-order valence-corrected chi connectivity index (χ3v) is 9.32. The molecular formula is C48H45IrN3O-2. The van der Waals surface area contributed by atoms with Gasteiger partial charge in [-0.1, -0.05) is 142 Å². The molecule has 0 spiro atoms. The number of aryl methyl sites for hydroxylation is 4. The first-order chi connectivity index (χ1) is 27.7. The average molecular weight is 878 g/mol. The van der Waals surface area contributed by atoms with E-state index in [0.717, 1.165) is 46.2 Å². The molecule has 0 aliphatic heterocycles. The standard InChI is InChI=1S/C35H33N2O.C13H12N.Ir/c1-23(2)27-13-10-14-28(24(3)4)34(27)37-32-16-9-8-15-31(32)36-35(37)30-22-38-33-20-19-26(21-29(30)33)18-17-25-11-6-5-7-12-25;1-10-3-6-12(7-4-10)13-8-5-11(2)9-14-13;/h5-16,19-21,23-24H,17-18H2,1-4H3;3-6,8-9H,1-2H3;/q2*-1;/i;1D3,2D3;. The number of rotatable bonds is 8. The van der Waals surface area contributed by atoms with E-state index in [1.807, 2.05) is 0 Å². The molecule has 8 aromatic rings. The minimum atomic E-state index is -2.18. The molecule has 1 radical (unpaired) electrons. The summed E-state index contributed by atoms with van der Waals surface area (Å²) in [6.45, 7) is 4.72. The van der Waals surface area contributed by atoms with E-state index < -0.39 is 13.7 Å². The van der Waals surface area contributed by atoms with Crippen molar-refractivity contribution in [2.45, 2.75) is 66.1 Å². The van der Waals surface area contributed by atoms with Gasteiger partial charge in [-0.15, -0.1) is 35.4 Å². The predicted molar refractivity (Wildman–Crippen MR) is 215 cm³/mol. The summed E-state index contributed by atoms with van der Waals surface area (Å²) in [5.74, 6) is 1.61. The fourth-order valence-electron chi connectivity index (χ4n) is 6.60. The zero-order valence-corrected chi connectivity index (χ0v) is 32.7. The van der Waals surface area contributed by atoms with Crippen LogP contribution in [0.25, 0.3) is 50.3 Å². The maximum Gasteiger partial charge on any atom is 0.0774 e. The molecule has 4 nitrogen and oxygen atoms in total. The number of benzene rings is 5. The Kier molecular flexibility index (Phi) is 9.58. The van der Waals surface area contributed by atoms with Gasteiger partial charge in [0.25, 0.3) is 0 Å². The molecule has 0 N–H and O–H groups in total. The van der Waals surface area contributed by atoms with E-state index in [1.54, 1.807) is 12.1 Å². The van der Waals surface area contributed by atoms with Crippen LogP contribution in [0, 0.1) is 26.0 Å².